The lowest BCUT2D eigenvalue weighted by Crippen LogP contribution is -2.05. The number of H-pyrrole nitrogens is 1. The molecule has 28 heavy (non-hydrogen) atoms. The van der Waals surface area contributed by atoms with Crippen molar-refractivity contribution in [1.29, 1.82) is 0 Å². The zero-order valence-corrected chi connectivity index (χ0v) is 16.0. The Hall–Kier alpha value is -3.26. The Morgan fingerprint density at radius 1 is 1.25 bits per heavy atom. The second kappa shape index (κ2) is 7.40. The van der Waals surface area contributed by atoms with Crippen LogP contribution >= 0.6 is 0 Å². The van der Waals surface area contributed by atoms with Crippen LogP contribution in [-0.2, 0) is 6.54 Å². The summed E-state index contributed by atoms with van der Waals surface area (Å²) in [5.41, 5.74) is 4.18. The summed E-state index contributed by atoms with van der Waals surface area (Å²) in [5, 5.41) is 21.8. The minimum atomic E-state index is 0.0387. The highest BCUT2D eigenvalue weighted by Crippen LogP contribution is 2.29. The number of aromatic nitrogens is 6. The van der Waals surface area contributed by atoms with E-state index in [1.54, 1.807) is 17.1 Å². The van der Waals surface area contributed by atoms with Crippen LogP contribution in [0, 0.1) is 6.92 Å². The average molecular weight is 378 g/mol. The fourth-order valence-electron chi connectivity index (χ4n) is 3.15. The van der Waals surface area contributed by atoms with Crippen molar-refractivity contribution in [3.63, 3.8) is 0 Å². The van der Waals surface area contributed by atoms with Crippen molar-refractivity contribution < 1.29 is 9.84 Å². The standard InChI is InChI=1S/C20H22N6O2/c1-12(2)28-14-4-5-18-15(10-14)19(25-24-18)20-21-7-6-17(23-20)16-11-22-26(8-9-27)13(16)3/h4-7,10-12,27H,8-9H2,1-3H3,(H,24,25). The summed E-state index contributed by atoms with van der Waals surface area (Å²) < 4.78 is 7.56. The van der Waals surface area contributed by atoms with Gasteiger partial charge in [-0.05, 0) is 45.0 Å². The van der Waals surface area contributed by atoms with Crippen molar-refractivity contribution in [3.05, 3.63) is 42.4 Å². The van der Waals surface area contributed by atoms with Crippen molar-refractivity contribution in [2.24, 2.45) is 0 Å². The minimum absolute atomic E-state index is 0.0387. The maximum atomic E-state index is 9.16. The molecule has 1 aromatic carbocycles. The van der Waals surface area contributed by atoms with Crippen LogP contribution in [0.15, 0.2) is 36.7 Å². The summed E-state index contributed by atoms with van der Waals surface area (Å²) in [5.74, 6) is 1.31. The van der Waals surface area contributed by atoms with E-state index in [0.717, 1.165) is 33.6 Å². The highest BCUT2D eigenvalue weighted by atomic mass is 16.5. The van der Waals surface area contributed by atoms with Gasteiger partial charge in [-0.1, -0.05) is 0 Å². The SMILES string of the molecule is Cc1c(-c2ccnc(-c3n[nH]c4ccc(OC(C)C)cc34)n2)cnn1CCO. The van der Waals surface area contributed by atoms with E-state index in [0.29, 0.717) is 18.1 Å². The van der Waals surface area contributed by atoms with Crippen molar-refractivity contribution in [2.75, 3.05) is 6.61 Å². The fourth-order valence-corrected chi connectivity index (χ4v) is 3.15. The van der Waals surface area contributed by atoms with E-state index in [2.05, 4.69) is 20.3 Å². The van der Waals surface area contributed by atoms with Gasteiger partial charge in [0, 0.05) is 22.8 Å². The number of fused-ring (bicyclic) bond motifs is 1. The summed E-state index contributed by atoms with van der Waals surface area (Å²) in [7, 11) is 0. The van der Waals surface area contributed by atoms with Crippen LogP contribution in [0.2, 0.25) is 0 Å². The van der Waals surface area contributed by atoms with E-state index in [1.807, 2.05) is 45.0 Å². The van der Waals surface area contributed by atoms with Gasteiger partial charge in [0.2, 0.25) is 0 Å². The van der Waals surface area contributed by atoms with Gasteiger partial charge < -0.3 is 9.84 Å². The highest BCUT2D eigenvalue weighted by molar-refractivity contribution is 5.92. The molecule has 0 atom stereocenters. The van der Waals surface area contributed by atoms with Crippen LogP contribution in [0.4, 0.5) is 0 Å². The molecule has 0 fully saturated rings. The summed E-state index contributed by atoms with van der Waals surface area (Å²) in [6.07, 6.45) is 3.56. The second-order valence-electron chi connectivity index (χ2n) is 6.80. The predicted octanol–water partition coefficient (Wildman–Crippen LogP) is 2.97. The second-order valence-corrected chi connectivity index (χ2v) is 6.80. The normalized spacial score (nSPS) is 11.5. The average Bonchev–Trinajstić information content (AvgIpc) is 3.25. The number of aliphatic hydroxyl groups is 1. The molecule has 0 spiro atoms. The number of rotatable bonds is 6. The minimum Gasteiger partial charge on any atom is -0.491 e. The molecular formula is C20H22N6O2. The Morgan fingerprint density at radius 2 is 2.11 bits per heavy atom. The first kappa shape index (κ1) is 18.1. The first-order valence-corrected chi connectivity index (χ1v) is 9.18. The molecular weight excluding hydrogens is 356 g/mol. The van der Waals surface area contributed by atoms with E-state index in [-0.39, 0.29) is 12.7 Å². The molecule has 144 valence electrons. The lowest BCUT2D eigenvalue weighted by Gasteiger charge is -2.09. The van der Waals surface area contributed by atoms with Gasteiger partial charge >= 0.3 is 0 Å². The van der Waals surface area contributed by atoms with E-state index >= 15 is 0 Å². The van der Waals surface area contributed by atoms with Crippen LogP contribution in [0.5, 0.6) is 5.75 Å². The van der Waals surface area contributed by atoms with Gasteiger partial charge in [0.1, 0.15) is 11.4 Å². The van der Waals surface area contributed by atoms with Gasteiger partial charge in [-0.3, -0.25) is 9.78 Å². The smallest absolute Gasteiger partial charge is 0.181 e. The third kappa shape index (κ3) is 3.34. The summed E-state index contributed by atoms with van der Waals surface area (Å²) in [6, 6.07) is 7.66. The lowest BCUT2D eigenvalue weighted by atomic mass is 10.1. The van der Waals surface area contributed by atoms with Gasteiger partial charge in [-0.15, -0.1) is 0 Å². The van der Waals surface area contributed by atoms with Crippen LogP contribution in [0.3, 0.4) is 0 Å². The van der Waals surface area contributed by atoms with Crippen molar-refractivity contribution >= 4 is 10.9 Å². The summed E-state index contributed by atoms with van der Waals surface area (Å²) >= 11 is 0. The molecule has 8 nitrogen and oxygen atoms in total. The van der Waals surface area contributed by atoms with E-state index < -0.39 is 0 Å². The molecule has 0 aliphatic rings. The maximum absolute atomic E-state index is 9.16. The van der Waals surface area contributed by atoms with Crippen molar-refractivity contribution in [3.8, 4) is 28.5 Å². The Bertz CT molecular complexity index is 1120. The molecule has 0 unspecified atom stereocenters. The Morgan fingerprint density at radius 3 is 2.89 bits per heavy atom. The number of hydrogen-bond acceptors (Lipinski definition) is 6. The van der Waals surface area contributed by atoms with Crippen molar-refractivity contribution in [2.45, 2.75) is 33.4 Å². The third-order valence-electron chi connectivity index (χ3n) is 4.46. The number of nitrogens with one attached hydrogen (secondary N) is 1. The molecule has 4 rings (SSSR count). The predicted molar refractivity (Wildman–Crippen MR) is 106 cm³/mol. The molecule has 0 aliphatic heterocycles. The number of aliphatic hydroxyl groups excluding tert-OH is 1. The van der Waals surface area contributed by atoms with E-state index in [1.165, 1.54) is 0 Å². The summed E-state index contributed by atoms with van der Waals surface area (Å²) in [4.78, 5) is 9.13. The number of hydrogen-bond donors (Lipinski definition) is 2. The van der Waals surface area contributed by atoms with Gasteiger partial charge in [0.05, 0.1) is 36.7 Å². The van der Waals surface area contributed by atoms with Gasteiger partial charge in [-0.2, -0.15) is 10.2 Å². The van der Waals surface area contributed by atoms with Crippen LogP contribution in [-0.4, -0.2) is 47.8 Å². The van der Waals surface area contributed by atoms with E-state index in [4.69, 9.17) is 14.8 Å². The number of benzene rings is 1. The number of nitrogens with zero attached hydrogens (tertiary/aromatic N) is 5. The van der Waals surface area contributed by atoms with Crippen LogP contribution < -0.4 is 4.74 Å². The maximum Gasteiger partial charge on any atom is 0.181 e. The Labute approximate surface area is 162 Å². The number of ether oxygens (including phenoxy) is 1. The molecule has 4 aromatic rings. The third-order valence-corrected chi connectivity index (χ3v) is 4.46. The van der Waals surface area contributed by atoms with Gasteiger partial charge in [0.15, 0.2) is 5.82 Å². The molecule has 3 heterocycles. The molecule has 0 saturated carbocycles. The van der Waals surface area contributed by atoms with Gasteiger partial charge in [0.25, 0.3) is 0 Å². The molecule has 0 saturated heterocycles. The fraction of sp³-hybridized carbons (Fsp3) is 0.300. The van der Waals surface area contributed by atoms with E-state index in [9.17, 15) is 0 Å². The van der Waals surface area contributed by atoms with Gasteiger partial charge in [-0.25, -0.2) is 9.97 Å². The lowest BCUT2D eigenvalue weighted by molar-refractivity contribution is 0.243. The van der Waals surface area contributed by atoms with Crippen LogP contribution in [0.1, 0.15) is 19.5 Å². The molecule has 0 amide bonds. The zero-order valence-electron chi connectivity index (χ0n) is 16.0. The first-order chi connectivity index (χ1) is 13.6. The topological polar surface area (TPSA) is 102 Å². The molecule has 0 radical (unpaired) electrons. The highest BCUT2D eigenvalue weighted by Gasteiger charge is 2.15. The monoisotopic (exact) mass is 378 g/mol. The van der Waals surface area contributed by atoms with Crippen LogP contribution in [0.25, 0.3) is 33.7 Å². The number of aromatic amines is 1. The molecule has 3 aromatic heterocycles. The summed E-state index contributed by atoms with van der Waals surface area (Å²) in [6.45, 7) is 6.43. The quantitative estimate of drug-likeness (QED) is 0.535. The molecule has 8 heteroatoms. The molecule has 0 bridgehead atoms. The Kier molecular flexibility index (Phi) is 4.79. The van der Waals surface area contributed by atoms with Crippen molar-refractivity contribution in [1.82, 2.24) is 29.9 Å². The zero-order chi connectivity index (χ0) is 19.7. The molecule has 0 aliphatic carbocycles. The molecule has 2 N–H and O–H groups in total. The first-order valence-electron chi connectivity index (χ1n) is 9.18. The largest absolute Gasteiger partial charge is 0.491 e. The Balaban J connectivity index is 1.75.